The second-order valence-corrected chi connectivity index (χ2v) is 6.58. The van der Waals surface area contributed by atoms with Crippen molar-refractivity contribution in [1.82, 2.24) is 10.9 Å². The van der Waals surface area contributed by atoms with E-state index in [0.717, 1.165) is 18.6 Å². The van der Waals surface area contributed by atoms with Crippen LogP contribution in [0.25, 0.3) is 0 Å². The van der Waals surface area contributed by atoms with Gasteiger partial charge >= 0.3 is 5.97 Å². The van der Waals surface area contributed by atoms with E-state index in [1.165, 1.54) is 24.3 Å². The number of carbonyl (C=O) groups is 4. The Balaban J connectivity index is 1.44. The van der Waals surface area contributed by atoms with Crippen LogP contribution < -0.4 is 15.8 Å². The van der Waals surface area contributed by atoms with Crippen LogP contribution in [0.3, 0.4) is 0 Å². The molecule has 0 saturated carbocycles. The Hall–Kier alpha value is -4.28. The molecule has 3 rings (SSSR count). The molecule has 2 N–H and O–H groups in total. The van der Waals surface area contributed by atoms with Crippen molar-refractivity contribution < 1.29 is 28.8 Å². The summed E-state index contributed by atoms with van der Waals surface area (Å²) in [5.74, 6) is -2.18. The molecule has 3 amide bonds. The summed E-state index contributed by atoms with van der Waals surface area (Å²) >= 11 is 0. The van der Waals surface area contributed by atoms with Crippen LogP contribution in [0.5, 0.6) is 0 Å². The van der Waals surface area contributed by atoms with Crippen LogP contribution in [0.15, 0.2) is 48.5 Å². The second-order valence-electron chi connectivity index (χ2n) is 6.58. The summed E-state index contributed by atoms with van der Waals surface area (Å²) in [6.45, 7) is 0.000128. The molecule has 11 nitrogen and oxygen atoms in total. The Morgan fingerprint density at radius 3 is 2.23 bits per heavy atom. The molecule has 2 aromatic rings. The van der Waals surface area contributed by atoms with Gasteiger partial charge in [0.05, 0.1) is 10.5 Å². The smallest absolute Gasteiger partial charge is 0.338 e. The molecule has 0 atom stereocenters. The van der Waals surface area contributed by atoms with Crippen molar-refractivity contribution in [2.24, 2.45) is 0 Å². The summed E-state index contributed by atoms with van der Waals surface area (Å²) in [6.07, 6.45) is 1.29. The van der Waals surface area contributed by atoms with Crippen LogP contribution >= 0.6 is 0 Å². The molecule has 0 spiro atoms. The molecular formula is C20H18N4O7. The summed E-state index contributed by atoms with van der Waals surface area (Å²) in [5.41, 5.74) is 5.01. The first-order valence-electron chi connectivity index (χ1n) is 9.26. The summed E-state index contributed by atoms with van der Waals surface area (Å²) in [4.78, 5) is 59.2. The third-order valence-corrected chi connectivity index (χ3v) is 4.48. The SMILES string of the molecule is O=C(COC(=O)c1ccc(N2CCCC2=O)cc1)NNC(=O)c1ccc([N+](=O)[O-])cc1. The van der Waals surface area contributed by atoms with Gasteiger partial charge in [-0.25, -0.2) is 4.79 Å². The topological polar surface area (TPSA) is 148 Å². The van der Waals surface area contributed by atoms with Gasteiger partial charge in [0.1, 0.15) is 0 Å². The summed E-state index contributed by atoms with van der Waals surface area (Å²) < 4.78 is 4.90. The number of hydrazine groups is 1. The highest BCUT2D eigenvalue weighted by molar-refractivity contribution is 5.97. The third kappa shape index (κ3) is 5.41. The lowest BCUT2D eigenvalue weighted by atomic mass is 10.2. The van der Waals surface area contributed by atoms with Crippen LogP contribution in [0.1, 0.15) is 33.6 Å². The van der Waals surface area contributed by atoms with Crippen molar-refractivity contribution in [3.05, 3.63) is 69.8 Å². The number of nitro benzene ring substituents is 1. The number of ether oxygens (including phenoxy) is 1. The van der Waals surface area contributed by atoms with Gasteiger partial charge in [0.15, 0.2) is 6.61 Å². The minimum absolute atomic E-state index is 0.0303. The molecule has 0 aliphatic carbocycles. The molecule has 1 saturated heterocycles. The number of hydrogen-bond donors (Lipinski definition) is 2. The number of nitro groups is 1. The fraction of sp³-hybridized carbons (Fsp3) is 0.200. The first-order chi connectivity index (χ1) is 14.8. The predicted octanol–water partition coefficient (Wildman–Crippen LogP) is 1.34. The molecule has 0 radical (unpaired) electrons. The standard InChI is InChI=1S/C20H18N4O7/c25-17(21-22-19(27)13-3-9-16(10-4-13)24(29)30)12-31-20(28)14-5-7-15(8-6-14)23-11-1-2-18(23)26/h3-10H,1-2,11-12H2,(H,21,25)(H,22,27). The Morgan fingerprint density at radius 2 is 1.65 bits per heavy atom. The number of anilines is 1. The summed E-state index contributed by atoms with van der Waals surface area (Å²) in [5, 5.41) is 10.6. The monoisotopic (exact) mass is 426 g/mol. The highest BCUT2D eigenvalue weighted by atomic mass is 16.6. The van der Waals surface area contributed by atoms with Crippen LogP contribution in [-0.2, 0) is 14.3 Å². The van der Waals surface area contributed by atoms with Crippen molar-refractivity contribution in [1.29, 1.82) is 0 Å². The van der Waals surface area contributed by atoms with Gasteiger partial charge in [-0.05, 0) is 42.8 Å². The molecule has 31 heavy (non-hydrogen) atoms. The van der Waals surface area contributed by atoms with Gasteiger partial charge in [-0.2, -0.15) is 0 Å². The lowest BCUT2D eigenvalue weighted by Gasteiger charge is -2.15. The Bertz CT molecular complexity index is 1020. The third-order valence-electron chi connectivity index (χ3n) is 4.48. The largest absolute Gasteiger partial charge is 0.452 e. The van der Waals surface area contributed by atoms with Gasteiger partial charge in [-0.1, -0.05) is 0 Å². The number of amides is 3. The van der Waals surface area contributed by atoms with Crippen molar-refractivity contribution in [3.63, 3.8) is 0 Å². The molecule has 0 bridgehead atoms. The minimum atomic E-state index is -0.775. The fourth-order valence-corrected chi connectivity index (χ4v) is 2.88. The van der Waals surface area contributed by atoms with E-state index in [1.807, 2.05) is 0 Å². The van der Waals surface area contributed by atoms with Gasteiger partial charge in [-0.15, -0.1) is 0 Å². The number of rotatable bonds is 6. The van der Waals surface area contributed by atoms with Crippen LogP contribution in [0.2, 0.25) is 0 Å². The Kier molecular flexibility index (Phi) is 6.55. The summed E-state index contributed by atoms with van der Waals surface area (Å²) in [6, 6.07) is 11.0. The lowest BCUT2D eigenvalue weighted by Crippen LogP contribution is -2.43. The maximum atomic E-state index is 12.1. The average molecular weight is 426 g/mol. The van der Waals surface area contributed by atoms with Crippen molar-refractivity contribution in [3.8, 4) is 0 Å². The lowest BCUT2D eigenvalue weighted by molar-refractivity contribution is -0.384. The van der Waals surface area contributed by atoms with Crippen LogP contribution in [0.4, 0.5) is 11.4 Å². The molecular weight excluding hydrogens is 408 g/mol. The van der Waals surface area contributed by atoms with Gasteiger partial charge in [0.2, 0.25) is 5.91 Å². The highest BCUT2D eigenvalue weighted by Crippen LogP contribution is 2.21. The van der Waals surface area contributed by atoms with E-state index in [9.17, 15) is 29.3 Å². The van der Waals surface area contributed by atoms with E-state index in [-0.39, 0.29) is 22.7 Å². The first-order valence-corrected chi connectivity index (χ1v) is 9.26. The average Bonchev–Trinajstić information content (AvgIpc) is 3.21. The number of nitrogens with one attached hydrogen (secondary N) is 2. The molecule has 1 heterocycles. The van der Waals surface area contributed by atoms with E-state index in [2.05, 4.69) is 10.9 Å². The molecule has 0 unspecified atom stereocenters. The Morgan fingerprint density at radius 1 is 1.00 bits per heavy atom. The van der Waals surface area contributed by atoms with E-state index in [4.69, 9.17) is 4.74 Å². The number of nitrogens with zero attached hydrogens (tertiary/aromatic N) is 2. The maximum absolute atomic E-state index is 12.1. The van der Waals surface area contributed by atoms with Crippen molar-refractivity contribution >= 4 is 35.1 Å². The van der Waals surface area contributed by atoms with Crippen molar-refractivity contribution in [2.45, 2.75) is 12.8 Å². The second kappa shape index (κ2) is 9.48. The van der Waals surface area contributed by atoms with Crippen LogP contribution in [0, 0.1) is 10.1 Å². The van der Waals surface area contributed by atoms with Crippen molar-refractivity contribution in [2.75, 3.05) is 18.1 Å². The molecule has 11 heteroatoms. The molecule has 0 aromatic heterocycles. The Labute approximate surface area is 176 Å². The normalized spacial score (nSPS) is 12.9. The molecule has 1 aliphatic rings. The van der Waals surface area contributed by atoms with Gasteiger partial charge < -0.3 is 9.64 Å². The molecule has 160 valence electrons. The first kappa shape index (κ1) is 21.4. The predicted molar refractivity (Wildman–Crippen MR) is 107 cm³/mol. The number of carbonyl (C=O) groups excluding carboxylic acids is 4. The maximum Gasteiger partial charge on any atom is 0.338 e. The summed E-state index contributed by atoms with van der Waals surface area (Å²) in [7, 11) is 0. The minimum Gasteiger partial charge on any atom is -0.452 e. The van der Waals surface area contributed by atoms with E-state index >= 15 is 0 Å². The molecule has 1 aliphatic heterocycles. The zero-order valence-electron chi connectivity index (χ0n) is 16.2. The van der Waals surface area contributed by atoms with E-state index in [1.54, 1.807) is 17.0 Å². The van der Waals surface area contributed by atoms with Gasteiger partial charge in [-0.3, -0.25) is 35.3 Å². The number of hydrogen-bond acceptors (Lipinski definition) is 7. The zero-order chi connectivity index (χ0) is 22.4. The van der Waals surface area contributed by atoms with Gasteiger partial charge in [0, 0.05) is 36.3 Å². The van der Waals surface area contributed by atoms with E-state index < -0.39 is 29.3 Å². The number of esters is 1. The van der Waals surface area contributed by atoms with Gasteiger partial charge in [0.25, 0.3) is 17.5 Å². The number of benzene rings is 2. The van der Waals surface area contributed by atoms with E-state index in [0.29, 0.717) is 18.7 Å². The molecule has 2 aromatic carbocycles. The highest BCUT2D eigenvalue weighted by Gasteiger charge is 2.22. The molecule has 1 fully saturated rings. The van der Waals surface area contributed by atoms with Crippen LogP contribution in [-0.4, -0.2) is 41.8 Å². The fourth-order valence-electron chi connectivity index (χ4n) is 2.88. The quantitative estimate of drug-likeness (QED) is 0.402. The zero-order valence-corrected chi connectivity index (χ0v) is 16.2. The number of non-ortho nitro benzene ring substituents is 1.